The molecule has 0 bridgehead atoms. The minimum atomic E-state index is -0.157. The van der Waals surface area contributed by atoms with Gasteiger partial charge >= 0.3 is 0 Å². The average Bonchev–Trinajstić information content (AvgIpc) is 3.05. The van der Waals surface area contributed by atoms with Gasteiger partial charge < -0.3 is 19.8 Å². The van der Waals surface area contributed by atoms with E-state index >= 15 is 0 Å². The number of fused-ring (bicyclic) bond motifs is 1. The minimum absolute atomic E-state index is 0.157. The van der Waals surface area contributed by atoms with Crippen molar-refractivity contribution < 1.29 is 4.79 Å². The number of nitrogens with zero attached hydrogens (tertiary/aromatic N) is 5. The zero-order chi connectivity index (χ0) is 13.9. The quantitative estimate of drug-likeness (QED) is 0.806. The van der Waals surface area contributed by atoms with Crippen molar-refractivity contribution in [3.8, 4) is 0 Å². The van der Waals surface area contributed by atoms with Crippen molar-refractivity contribution in [1.29, 1.82) is 0 Å². The lowest BCUT2D eigenvalue weighted by Gasteiger charge is -2.14. The summed E-state index contributed by atoms with van der Waals surface area (Å²) in [4.78, 5) is 16.3. The first kappa shape index (κ1) is 12.6. The Kier molecular flexibility index (Phi) is 3.36. The van der Waals surface area contributed by atoms with Gasteiger partial charge in [0.05, 0.1) is 0 Å². The van der Waals surface area contributed by atoms with Crippen molar-refractivity contribution in [2.75, 3.05) is 18.4 Å². The maximum Gasteiger partial charge on any atom is 0.271 e. The normalized spacial score (nSPS) is 13.7. The summed E-state index contributed by atoms with van der Waals surface area (Å²) in [6, 6.07) is 0. The number of rotatable bonds is 4. The molecule has 1 amide bonds. The largest absolute Gasteiger partial charge is 0.356 e. The highest BCUT2D eigenvalue weighted by atomic mass is 16.1. The number of hydrogen-bond acceptors (Lipinski definition) is 5. The molecule has 2 N–H and O–H groups in total. The summed E-state index contributed by atoms with van der Waals surface area (Å²) in [7, 11) is 1.88. The van der Waals surface area contributed by atoms with E-state index in [1.54, 1.807) is 12.5 Å². The van der Waals surface area contributed by atoms with Gasteiger partial charge in [-0.3, -0.25) is 4.79 Å². The summed E-state index contributed by atoms with van der Waals surface area (Å²) < 4.78 is 3.81. The van der Waals surface area contributed by atoms with Crippen molar-refractivity contribution in [3.05, 3.63) is 24.0 Å². The first-order valence-electron chi connectivity index (χ1n) is 6.66. The summed E-state index contributed by atoms with van der Waals surface area (Å²) in [5.74, 6) is 1.46. The van der Waals surface area contributed by atoms with E-state index in [1.165, 1.54) is 0 Å². The fourth-order valence-electron chi connectivity index (χ4n) is 2.20. The molecule has 2 aromatic rings. The van der Waals surface area contributed by atoms with Crippen LogP contribution in [0.5, 0.6) is 0 Å². The number of carbonyl (C=O) groups excluding carboxylic acids is 1. The molecule has 0 aliphatic carbocycles. The van der Waals surface area contributed by atoms with E-state index in [0.717, 1.165) is 31.3 Å². The molecule has 0 aromatic carbocycles. The Morgan fingerprint density at radius 1 is 1.55 bits per heavy atom. The van der Waals surface area contributed by atoms with E-state index < -0.39 is 0 Å². The van der Waals surface area contributed by atoms with Gasteiger partial charge in [-0.15, -0.1) is 10.2 Å². The minimum Gasteiger partial charge on any atom is -0.356 e. The van der Waals surface area contributed by atoms with Crippen LogP contribution in [0.4, 0.5) is 5.95 Å². The third kappa shape index (κ3) is 2.49. The number of amides is 1. The van der Waals surface area contributed by atoms with Crippen LogP contribution in [-0.4, -0.2) is 43.3 Å². The number of hydrogen-bond donors (Lipinski definition) is 2. The molecule has 8 heteroatoms. The van der Waals surface area contributed by atoms with Gasteiger partial charge in [-0.1, -0.05) is 0 Å². The number of aromatic nitrogens is 5. The lowest BCUT2D eigenvalue weighted by molar-refractivity contribution is 0.0949. The summed E-state index contributed by atoms with van der Waals surface area (Å²) >= 11 is 0. The predicted molar refractivity (Wildman–Crippen MR) is 72.4 cm³/mol. The molecule has 8 nitrogen and oxygen atoms in total. The second-order valence-electron chi connectivity index (χ2n) is 4.79. The molecular weight excluding hydrogens is 258 g/mol. The van der Waals surface area contributed by atoms with E-state index in [2.05, 4.69) is 25.8 Å². The molecule has 2 aromatic heterocycles. The van der Waals surface area contributed by atoms with Gasteiger partial charge in [-0.2, -0.15) is 0 Å². The van der Waals surface area contributed by atoms with Crippen molar-refractivity contribution >= 4 is 11.9 Å². The summed E-state index contributed by atoms with van der Waals surface area (Å²) in [6.45, 7) is 2.33. The second kappa shape index (κ2) is 5.32. The fourth-order valence-corrected chi connectivity index (χ4v) is 2.20. The third-order valence-electron chi connectivity index (χ3n) is 3.31. The monoisotopic (exact) mass is 275 g/mol. The molecule has 0 spiro atoms. The lowest BCUT2D eigenvalue weighted by atomic mass is 10.3. The van der Waals surface area contributed by atoms with Crippen molar-refractivity contribution in [3.63, 3.8) is 0 Å². The molecule has 0 fully saturated rings. The smallest absolute Gasteiger partial charge is 0.271 e. The molecule has 1 aliphatic rings. The van der Waals surface area contributed by atoms with Crippen molar-refractivity contribution in [2.24, 2.45) is 7.05 Å². The zero-order valence-corrected chi connectivity index (χ0v) is 11.3. The molecule has 0 saturated heterocycles. The van der Waals surface area contributed by atoms with Crippen molar-refractivity contribution in [2.45, 2.75) is 19.4 Å². The van der Waals surface area contributed by atoms with Gasteiger partial charge in [0.2, 0.25) is 5.95 Å². The molecule has 20 heavy (non-hydrogen) atoms. The maximum atomic E-state index is 12.0. The third-order valence-corrected chi connectivity index (χ3v) is 3.31. The highest BCUT2D eigenvalue weighted by molar-refractivity contribution is 5.92. The van der Waals surface area contributed by atoms with Gasteiger partial charge in [-0.25, -0.2) is 4.98 Å². The Hall–Kier alpha value is -2.38. The first-order chi connectivity index (χ1) is 9.74. The van der Waals surface area contributed by atoms with Crippen LogP contribution in [0.3, 0.4) is 0 Å². The molecular formula is C12H17N7O. The summed E-state index contributed by atoms with van der Waals surface area (Å²) in [5.41, 5.74) is 0.451. The molecule has 106 valence electrons. The number of anilines is 1. The van der Waals surface area contributed by atoms with E-state index in [4.69, 9.17) is 0 Å². The Morgan fingerprint density at radius 2 is 2.45 bits per heavy atom. The highest BCUT2D eigenvalue weighted by Gasteiger charge is 2.16. The zero-order valence-electron chi connectivity index (χ0n) is 11.3. The van der Waals surface area contributed by atoms with Crippen LogP contribution < -0.4 is 10.6 Å². The average molecular weight is 275 g/mol. The first-order valence-corrected chi connectivity index (χ1v) is 6.66. The fraction of sp³-hybridized carbons (Fsp3) is 0.500. The van der Waals surface area contributed by atoms with Gasteiger partial charge in [0.25, 0.3) is 5.91 Å². The summed E-state index contributed by atoms with van der Waals surface area (Å²) in [6.07, 6.45) is 5.13. The maximum absolute atomic E-state index is 12.0. The molecule has 0 atom stereocenters. The van der Waals surface area contributed by atoms with Crippen molar-refractivity contribution in [1.82, 2.24) is 29.6 Å². The number of imidazole rings is 1. The molecule has 0 radical (unpaired) electrons. The Morgan fingerprint density at radius 3 is 3.20 bits per heavy atom. The number of aryl methyl sites for hydroxylation is 2. The lowest BCUT2D eigenvalue weighted by Crippen LogP contribution is -2.26. The molecule has 0 unspecified atom stereocenters. The SMILES string of the molecule is Cn1cnnc1CCNC(=O)c1cn2c(n1)NCCC2. The van der Waals surface area contributed by atoms with Crippen LogP contribution in [0, 0.1) is 0 Å². The summed E-state index contributed by atoms with van der Waals surface area (Å²) in [5, 5.41) is 13.8. The van der Waals surface area contributed by atoms with E-state index in [9.17, 15) is 4.79 Å². The number of carbonyl (C=O) groups is 1. The van der Waals surface area contributed by atoms with E-state index in [0.29, 0.717) is 18.7 Å². The van der Waals surface area contributed by atoms with Crippen LogP contribution in [0.1, 0.15) is 22.7 Å². The van der Waals surface area contributed by atoms with Crippen LogP contribution in [0.15, 0.2) is 12.5 Å². The van der Waals surface area contributed by atoms with Gasteiger partial charge in [0.15, 0.2) is 0 Å². The predicted octanol–water partition coefficient (Wildman–Crippen LogP) is -0.200. The molecule has 0 saturated carbocycles. The standard InChI is InChI=1S/C12H17N7O/c1-18-8-15-17-10(18)3-5-13-11(20)9-7-19-6-2-4-14-12(19)16-9/h7-8H,2-6H2,1H3,(H,13,20)(H,14,16). The highest BCUT2D eigenvalue weighted by Crippen LogP contribution is 2.13. The molecule has 3 rings (SSSR count). The second-order valence-corrected chi connectivity index (χ2v) is 4.79. The van der Waals surface area contributed by atoms with Crippen LogP contribution in [-0.2, 0) is 20.0 Å². The van der Waals surface area contributed by atoms with Crippen LogP contribution in [0.25, 0.3) is 0 Å². The molecule has 3 heterocycles. The molecule has 1 aliphatic heterocycles. The number of nitrogens with one attached hydrogen (secondary N) is 2. The van der Waals surface area contributed by atoms with Gasteiger partial charge in [0.1, 0.15) is 17.8 Å². The Balaban J connectivity index is 1.56. The van der Waals surface area contributed by atoms with Crippen LogP contribution >= 0.6 is 0 Å². The Bertz CT molecular complexity index is 592. The van der Waals surface area contributed by atoms with Gasteiger partial charge in [0, 0.05) is 39.3 Å². The van der Waals surface area contributed by atoms with E-state index in [1.807, 2.05) is 16.2 Å². The topological polar surface area (TPSA) is 89.7 Å². The van der Waals surface area contributed by atoms with Crippen LogP contribution in [0.2, 0.25) is 0 Å². The van der Waals surface area contributed by atoms with Gasteiger partial charge in [-0.05, 0) is 6.42 Å². The Labute approximate surface area is 116 Å². The van der Waals surface area contributed by atoms with E-state index in [-0.39, 0.29) is 5.91 Å².